The van der Waals surface area contributed by atoms with E-state index in [1.54, 1.807) is 36.4 Å². The normalized spacial score (nSPS) is 10.9. The lowest BCUT2D eigenvalue weighted by Crippen LogP contribution is -2.19. The number of anilines is 2. The van der Waals surface area contributed by atoms with Crippen molar-refractivity contribution in [1.82, 2.24) is 19.5 Å². The van der Waals surface area contributed by atoms with E-state index in [0.717, 1.165) is 0 Å². The van der Waals surface area contributed by atoms with Gasteiger partial charge in [-0.25, -0.2) is 19.3 Å². The molecule has 0 atom stereocenters. The average molecular weight is 355 g/mol. The molecule has 0 saturated heterocycles. The van der Waals surface area contributed by atoms with Crippen LogP contribution in [0.4, 0.5) is 16.4 Å². The van der Waals surface area contributed by atoms with E-state index < -0.39 is 6.03 Å². The summed E-state index contributed by atoms with van der Waals surface area (Å²) < 4.78 is 6.59. The van der Waals surface area contributed by atoms with Gasteiger partial charge in [-0.2, -0.15) is 4.98 Å². The van der Waals surface area contributed by atoms with E-state index in [1.165, 1.54) is 17.2 Å². The van der Waals surface area contributed by atoms with Gasteiger partial charge < -0.3 is 15.5 Å². The highest BCUT2D eigenvalue weighted by Gasteiger charge is 2.19. The summed E-state index contributed by atoms with van der Waals surface area (Å²) in [6.07, 6.45) is 2.86. The van der Waals surface area contributed by atoms with Crippen LogP contribution in [0.25, 0.3) is 22.6 Å². The SMILES string of the molecule is Nc1nc(-c2ccco2)c2ncn(C(=O)Nc3ccccc3Cl)c2n1. The van der Waals surface area contributed by atoms with Gasteiger partial charge in [0.05, 0.1) is 17.0 Å². The smallest absolute Gasteiger partial charge is 0.333 e. The number of benzene rings is 1. The number of para-hydroxylation sites is 1. The van der Waals surface area contributed by atoms with Crippen LogP contribution < -0.4 is 11.1 Å². The number of hydrogen-bond donors (Lipinski definition) is 2. The number of carbonyl (C=O) groups is 1. The third-order valence-electron chi connectivity index (χ3n) is 3.50. The van der Waals surface area contributed by atoms with Gasteiger partial charge in [-0.3, -0.25) is 0 Å². The molecule has 0 aliphatic heterocycles. The number of nitrogens with one attached hydrogen (secondary N) is 1. The van der Waals surface area contributed by atoms with Crippen molar-refractivity contribution >= 4 is 40.4 Å². The molecule has 3 N–H and O–H groups in total. The van der Waals surface area contributed by atoms with Crippen molar-refractivity contribution in [1.29, 1.82) is 0 Å². The van der Waals surface area contributed by atoms with Crippen LogP contribution in [0.15, 0.2) is 53.4 Å². The molecule has 1 aromatic carbocycles. The number of furan rings is 1. The number of nitrogens with zero attached hydrogens (tertiary/aromatic N) is 4. The van der Waals surface area contributed by atoms with Gasteiger partial charge in [0.25, 0.3) is 0 Å². The van der Waals surface area contributed by atoms with Crippen LogP contribution in [0.3, 0.4) is 0 Å². The molecule has 124 valence electrons. The van der Waals surface area contributed by atoms with Gasteiger partial charge in [-0.15, -0.1) is 0 Å². The second-order valence-corrected chi connectivity index (χ2v) is 5.51. The Kier molecular flexibility index (Phi) is 3.58. The Labute approximate surface area is 146 Å². The topological polar surface area (TPSA) is 112 Å². The third-order valence-corrected chi connectivity index (χ3v) is 3.83. The maximum atomic E-state index is 12.6. The lowest BCUT2D eigenvalue weighted by molar-refractivity contribution is 0.254. The van der Waals surface area contributed by atoms with Crippen LogP contribution in [0, 0.1) is 0 Å². The second-order valence-electron chi connectivity index (χ2n) is 5.10. The van der Waals surface area contributed by atoms with Crippen molar-refractivity contribution in [3.8, 4) is 11.5 Å². The lowest BCUT2D eigenvalue weighted by atomic mass is 10.3. The van der Waals surface area contributed by atoms with Crippen LogP contribution in [-0.2, 0) is 0 Å². The minimum atomic E-state index is -0.473. The molecule has 4 aromatic rings. The first-order chi connectivity index (χ1) is 12.1. The monoisotopic (exact) mass is 354 g/mol. The van der Waals surface area contributed by atoms with Gasteiger partial charge in [0.15, 0.2) is 11.4 Å². The number of imidazole rings is 1. The molecule has 0 radical (unpaired) electrons. The number of halogens is 1. The maximum Gasteiger partial charge on any atom is 0.333 e. The van der Waals surface area contributed by atoms with Crippen molar-refractivity contribution < 1.29 is 9.21 Å². The first kappa shape index (κ1) is 15.2. The fourth-order valence-corrected chi connectivity index (χ4v) is 2.57. The van der Waals surface area contributed by atoms with E-state index in [1.807, 2.05) is 0 Å². The van der Waals surface area contributed by atoms with Crippen LogP contribution in [0.5, 0.6) is 0 Å². The van der Waals surface area contributed by atoms with Gasteiger partial charge in [-0.1, -0.05) is 23.7 Å². The zero-order valence-corrected chi connectivity index (χ0v) is 13.4. The number of rotatable bonds is 2. The number of hydrogen-bond acceptors (Lipinski definition) is 6. The third kappa shape index (κ3) is 2.68. The molecular weight excluding hydrogens is 344 g/mol. The van der Waals surface area contributed by atoms with Gasteiger partial charge in [-0.05, 0) is 24.3 Å². The zero-order chi connectivity index (χ0) is 17.4. The summed E-state index contributed by atoms with van der Waals surface area (Å²) in [5, 5.41) is 3.13. The Morgan fingerprint density at radius 1 is 1.20 bits per heavy atom. The first-order valence-electron chi connectivity index (χ1n) is 7.24. The first-order valence-corrected chi connectivity index (χ1v) is 7.61. The number of carbonyl (C=O) groups excluding carboxylic acids is 1. The number of aromatic nitrogens is 4. The molecule has 4 rings (SSSR count). The molecule has 0 bridgehead atoms. The zero-order valence-electron chi connectivity index (χ0n) is 12.7. The quantitative estimate of drug-likeness (QED) is 0.570. The Morgan fingerprint density at radius 2 is 2.04 bits per heavy atom. The summed E-state index contributed by atoms with van der Waals surface area (Å²) in [6.45, 7) is 0. The van der Waals surface area contributed by atoms with Crippen LogP contribution in [-0.4, -0.2) is 25.6 Å². The van der Waals surface area contributed by atoms with Gasteiger partial charge in [0, 0.05) is 0 Å². The second kappa shape index (κ2) is 5.91. The Balaban J connectivity index is 1.79. The minimum Gasteiger partial charge on any atom is -0.463 e. The molecule has 0 saturated carbocycles. The van der Waals surface area contributed by atoms with E-state index in [4.69, 9.17) is 21.8 Å². The molecule has 1 amide bonds. The highest BCUT2D eigenvalue weighted by atomic mass is 35.5. The minimum absolute atomic E-state index is 0.00573. The van der Waals surface area contributed by atoms with E-state index in [9.17, 15) is 4.79 Å². The summed E-state index contributed by atoms with van der Waals surface area (Å²) in [7, 11) is 0. The van der Waals surface area contributed by atoms with Gasteiger partial charge in [0.1, 0.15) is 17.5 Å². The molecular formula is C16H11ClN6O2. The van der Waals surface area contributed by atoms with Gasteiger partial charge in [0.2, 0.25) is 5.95 Å². The van der Waals surface area contributed by atoms with E-state index in [2.05, 4.69) is 20.3 Å². The number of amides is 1. The molecule has 9 heteroatoms. The van der Waals surface area contributed by atoms with Crippen molar-refractivity contribution in [3.05, 3.63) is 54.0 Å². The molecule has 0 aliphatic rings. The highest BCUT2D eigenvalue weighted by molar-refractivity contribution is 6.33. The molecule has 0 spiro atoms. The predicted octanol–water partition coefficient (Wildman–Crippen LogP) is 3.40. The number of nitrogens with two attached hydrogens (primary N) is 1. The van der Waals surface area contributed by atoms with Crippen LogP contribution in [0.2, 0.25) is 5.02 Å². The molecule has 3 aromatic heterocycles. The Hall–Kier alpha value is -3.39. The summed E-state index contributed by atoms with van der Waals surface area (Å²) in [5.41, 5.74) is 7.34. The van der Waals surface area contributed by atoms with Crippen LogP contribution in [0.1, 0.15) is 0 Å². The molecule has 0 fully saturated rings. The van der Waals surface area contributed by atoms with E-state index >= 15 is 0 Å². The maximum absolute atomic E-state index is 12.6. The van der Waals surface area contributed by atoms with Crippen molar-refractivity contribution in [2.24, 2.45) is 0 Å². The standard InChI is InChI=1S/C16H11ClN6O2/c17-9-4-1-2-5-10(9)20-16(24)23-8-19-13-12(11-6-3-7-25-11)21-15(18)22-14(13)23/h1-8H,(H,20,24)(H2,18,21,22). The molecule has 25 heavy (non-hydrogen) atoms. The highest BCUT2D eigenvalue weighted by Crippen LogP contribution is 2.26. The van der Waals surface area contributed by atoms with Crippen LogP contribution >= 0.6 is 11.6 Å². The summed E-state index contributed by atoms with van der Waals surface area (Å²) in [6, 6.07) is 9.88. The summed E-state index contributed by atoms with van der Waals surface area (Å²) in [5.74, 6) is 0.488. The van der Waals surface area contributed by atoms with Crippen molar-refractivity contribution in [3.63, 3.8) is 0 Å². The fraction of sp³-hybridized carbons (Fsp3) is 0. The van der Waals surface area contributed by atoms with Gasteiger partial charge >= 0.3 is 6.03 Å². The average Bonchev–Trinajstić information content (AvgIpc) is 3.25. The summed E-state index contributed by atoms with van der Waals surface area (Å²) in [4.78, 5) is 25.1. The molecule has 0 unspecified atom stereocenters. The van der Waals surface area contributed by atoms with Crippen molar-refractivity contribution in [2.75, 3.05) is 11.1 Å². The lowest BCUT2D eigenvalue weighted by Gasteiger charge is -2.08. The fourth-order valence-electron chi connectivity index (χ4n) is 2.39. The van der Waals surface area contributed by atoms with E-state index in [-0.39, 0.29) is 11.6 Å². The Bertz CT molecular complexity index is 1070. The number of fused-ring (bicyclic) bond motifs is 1. The van der Waals surface area contributed by atoms with Crippen molar-refractivity contribution in [2.45, 2.75) is 0 Å². The molecule has 8 nitrogen and oxygen atoms in total. The molecule has 3 heterocycles. The Morgan fingerprint density at radius 3 is 2.80 bits per heavy atom. The molecule has 0 aliphatic carbocycles. The number of nitrogen functional groups attached to an aromatic ring is 1. The predicted molar refractivity (Wildman–Crippen MR) is 93.3 cm³/mol. The largest absolute Gasteiger partial charge is 0.463 e. The van der Waals surface area contributed by atoms with E-state index in [0.29, 0.717) is 27.7 Å². The summed E-state index contributed by atoms with van der Waals surface area (Å²) >= 11 is 6.07.